The molecule has 4 aromatic heterocycles. The van der Waals surface area contributed by atoms with Gasteiger partial charge in [0.2, 0.25) is 0 Å². The van der Waals surface area contributed by atoms with Crippen LogP contribution >= 0.6 is 27.3 Å². The first-order valence-corrected chi connectivity index (χ1v) is 11.9. The normalized spacial score (nSPS) is 11.1. The molecule has 4 heterocycles. The summed E-state index contributed by atoms with van der Waals surface area (Å²) >= 11 is 4.42. The van der Waals surface area contributed by atoms with Gasteiger partial charge in [-0.25, -0.2) is 14.3 Å². The lowest BCUT2D eigenvalue weighted by Crippen LogP contribution is -2.15. The lowest BCUT2D eigenvalue weighted by molar-refractivity contribution is 0.0527. The van der Waals surface area contributed by atoms with E-state index in [4.69, 9.17) is 10.5 Å². The van der Waals surface area contributed by atoms with Crippen LogP contribution in [0.5, 0.6) is 0 Å². The maximum atomic E-state index is 13.1. The van der Waals surface area contributed by atoms with Crippen LogP contribution in [0.2, 0.25) is 0 Å². The van der Waals surface area contributed by atoms with Gasteiger partial charge in [0.15, 0.2) is 11.3 Å². The molecule has 0 bridgehead atoms. The topological polar surface area (TPSA) is 146 Å². The fourth-order valence-corrected chi connectivity index (χ4v) is 4.93. The summed E-state index contributed by atoms with van der Waals surface area (Å²) < 4.78 is 9.15. The fraction of sp³-hybridized carbons (Fsp3) is 0.238. The number of nitrogens with one attached hydrogen (secondary N) is 1. The molecule has 0 aromatic carbocycles. The minimum absolute atomic E-state index is 0.0625. The van der Waals surface area contributed by atoms with E-state index in [1.54, 1.807) is 30.8 Å². The van der Waals surface area contributed by atoms with Gasteiger partial charge in [0, 0.05) is 25.0 Å². The Hall–Kier alpha value is -3.58. The van der Waals surface area contributed by atoms with Gasteiger partial charge in [-0.3, -0.25) is 14.3 Å². The zero-order valence-electron chi connectivity index (χ0n) is 18.5. The van der Waals surface area contributed by atoms with Crippen molar-refractivity contribution in [1.82, 2.24) is 24.4 Å². The lowest BCUT2D eigenvalue weighted by Gasteiger charge is -2.06. The Morgan fingerprint density at radius 3 is 2.68 bits per heavy atom. The minimum atomic E-state index is -0.702. The number of halogens is 1. The highest BCUT2D eigenvalue weighted by molar-refractivity contribution is 9.10. The van der Waals surface area contributed by atoms with Gasteiger partial charge in [-0.15, -0.1) is 11.3 Å². The molecule has 0 atom stereocenters. The van der Waals surface area contributed by atoms with Gasteiger partial charge in [-0.2, -0.15) is 10.2 Å². The van der Waals surface area contributed by atoms with Crippen LogP contribution in [0.4, 0.5) is 5.00 Å². The Morgan fingerprint density at radius 1 is 1.26 bits per heavy atom. The van der Waals surface area contributed by atoms with Crippen molar-refractivity contribution in [3.8, 4) is 11.4 Å². The molecule has 0 fully saturated rings. The maximum Gasteiger partial charge on any atom is 0.341 e. The SMILES string of the molecule is CCOC(=O)c1c(NC(=O)c2cc3nccc(-c4nn(CC)cc4Br)n3n2)sc(C(N)=O)c1C. The first-order chi connectivity index (χ1) is 16.2. The number of primary amides is 1. The highest BCUT2D eigenvalue weighted by Gasteiger charge is 2.27. The molecule has 0 aliphatic carbocycles. The number of ether oxygens (including phenoxy) is 1. The molecule has 4 aromatic rings. The van der Waals surface area contributed by atoms with Gasteiger partial charge in [0.1, 0.15) is 10.7 Å². The molecule has 13 heteroatoms. The summed E-state index contributed by atoms with van der Waals surface area (Å²) in [5, 5.41) is 11.8. The van der Waals surface area contributed by atoms with E-state index in [1.807, 2.05) is 13.1 Å². The first kappa shape index (κ1) is 23.6. The van der Waals surface area contributed by atoms with E-state index < -0.39 is 17.8 Å². The third kappa shape index (κ3) is 4.19. The second-order valence-corrected chi connectivity index (χ2v) is 8.99. The van der Waals surface area contributed by atoms with Crippen LogP contribution < -0.4 is 11.1 Å². The van der Waals surface area contributed by atoms with Crippen molar-refractivity contribution in [3.63, 3.8) is 0 Å². The van der Waals surface area contributed by atoms with E-state index in [9.17, 15) is 14.4 Å². The van der Waals surface area contributed by atoms with Crippen molar-refractivity contribution < 1.29 is 19.1 Å². The number of fused-ring (bicyclic) bond motifs is 1. The number of esters is 1. The van der Waals surface area contributed by atoms with Crippen molar-refractivity contribution in [2.75, 3.05) is 11.9 Å². The standard InChI is InChI=1S/C21H20BrN7O4S/c1-4-28-9-11(22)16(27-28)13-6-7-24-14-8-12(26-29(13)14)19(31)25-20-15(21(32)33-5-2)10(3)17(34-20)18(23)30/h6-9H,4-5H2,1-3H3,(H2,23,30)(H,25,31). The number of amides is 2. The van der Waals surface area contributed by atoms with Crippen LogP contribution in [0, 0.1) is 6.92 Å². The van der Waals surface area contributed by atoms with Crippen LogP contribution in [-0.4, -0.2) is 48.8 Å². The monoisotopic (exact) mass is 545 g/mol. The molecule has 4 rings (SSSR count). The minimum Gasteiger partial charge on any atom is -0.462 e. The van der Waals surface area contributed by atoms with Crippen molar-refractivity contribution in [3.05, 3.63) is 50.7 Å². The van der Waals surface area contributed by atoms with E-state index in [-0.39, 0.29) is 27.7 Å². The van der Waals surface area contributed by atoms with Crippen molar-refractivity contribution in [2.45, 2.75) is 27.3 Å². The second kappa shape index (κ2) is 9.35. The van der Waals surface area contributed by atoms with Crippen LogP contribution in [0.15, 0.2) is 29.0 Å². The molecule has 0 saturated heterocycles. The number of aryl methyl sites for hydroxylation is 1. The van der Waals surface area contributed by atoms with E-state index in [0.29, 0.717) is 29.1 Å². The highest BCUT2D eigenvalue weighted by atomic mass is 79.9. The second-order valence-electron chi connectivity index (χ2n) is 7.11. The van der Waals surface area contributed by atoms with Crippen LogP contribution in [-0.2, 0) is 11.3 Å². The number of nitrogens with zero attached hydrogens (tertiary/aromatic N) is 5. The molecular weight excluding hydrogens is 526 g/mol. The summed E-state index contributed by atoms with van der Waals surface area (Å²) in [5.74, 6) is -1.95. The number of carbonyl (C=O) groups is 3. The summed E-state index contributed by atoms with van der Waals surface area (Å²) in [4.78, 5) is 41.8. The predicted molar refractivity (Wildman–Crippen MR) is 129 cm³/mol. The van der Waals surface area contributed by atoms with Crippen molar-refractivity contribution in [2.24, 2.45) is 5.73 Å². The molecular formula is C21H20BrN7O4S. The third-order valence-electron chi connectivity index (χ3n) is 4.95. The Kier molecular flexibility index (Phi) is 6.48. The average molecular weight is 546 g/mol. The largest absolute Gasteiger partial charge is 0.462 e. The van der Waals surface area contributed by atoms with E-state index in [2.05, 4.69) is 36.4 Å². The lowest BCUT2D eigenvalue weighted by atomic mass is 10.1. The first-order valence-electron chi connectivity index (χ1n) is 10.2. The van der Waals surface area contributed by atoms with Gasteiger partial charge in [0.25, 0.3) is 11.8 Å². The molecule has 0 aliphatic rings. The summed E-state index contributed by atoms with van der Waals surface area (Å²) in [6.45, 7) is 6.04. The fourth-order valence-electron chi connectivity index (χ4n) is 3.37. The molecule has 2 amide bonds. The number of anilines is 1. The van der Waals surface area contributed by atoms with Crippen LogP contribution in [0.1, 0.15) is 49.9 Å². The van der Waals surface area contributed by atoms with Crippen LogP contribution in [0.3, 0.4) is 0 Å². The number of hydrogen-bond acceptors (Lipinski definition) is 8. The third-order valence-corrected chi connectivity index (χ3v) is 6.75. The molecule has 176 valence electrons. The van der Waals surface area contributed by atoms with Crippen LogP contribution in [0.25, 0.3) is 17.0 Å². The molecule has 0 radical (unpaired) electrons. The van der Waals surface area contributed by atoms with Gasteiger partial charge in [-0.05, 0) is 48.3 Å². The van der Waals surface area contributed by atoms with E-state index in [0.717, 1.165) is 15.8 Å². The predicted octanol–water partition coefficient (Wildman–Crippen LogP) is 3.27. The number of rotatable bonds is 7. The molecule has 0 spiro atoms. The van der Waals surface area contributed by atoms with E-state index in [1.165, 1.54) is 10.6 Å². The van der Waals surface area contributed by atoms with Gasteiger partial charge >= 0.3 is 5.97 Å². The Balaban J connectivity index is 1.72. The van der Waals surface area contributed by atoms with Crippen molar-refractivity contribution >= 4 is 55.7 Å². The number of thiophene rings is 1. The summed E-state index contributed by atoms with van der Waals surface area (Å²) in [7, 11) is 0. The molecule has 0 saturated carbocycles. The molecule has 0 unspecified atom stereocenters. The molecule has 34 heavy (non-hydrogen) atoms. The summed E-state index contributed by atoms with van der Waals surface area (Å²) in [6, 6.07) is 3.26. The number of carbonyl (C=O) groups excluding carboxylic acids is 3. The quantitative estimate of drug-likeness (QED) is 0.338. The zero-order chi connectivity index (χ0) is 24.6. The zero-order valence-corrected chi connectivity index (χ0v) is 20.9. The summed E-state index contributed by atoms with van der Waals surface area (Å²) in [6.07, 6.45) is 3.46. The van der Waals surface area contributed by atoms with Gasteiger partial charge < -0.3 is 15.8 Å². The maximum absolute atomic E-state index is 13.1. The average Bonchev–Trinajstić information content (AvgIpc) is 3.48. The Bertz CT molecular complexity index is 1440. The van der Waals surface area contributed by atoms with Gasteiger partial charge in [0.05, 0.1) is 27.2 Å². The number of aromatic nitrogens is 5. The van der Waals surface area contributed by atoms with Crippen molar-refractivity contribution in [1.29, 1.82) is 0 Å². The summed E-state index contributed by atoms with van der Waals surface area (Å²) in [5.41, 5.74) is 7.65. The Labute approximate surface area is 206 Å². The number of nitrogens with two attached hydrogens (primary N) is 1. The molecule has 3 N–H and O–H groups in total. The molecule has 11 nitrogen and oxygen atoms in total. The molecule has 0 aliphatic heterocycles. The number of hydrogen-bond donors (Lipinski definition) is 2. The van der Waals surface area contributed by atoms with Gasteiger partial charge in [-0.1, -0.05) is 0 Å². The van der Waals surface area contributed by atoms with E-state index >= 15 is 0 Å². The Morgan fingerprint density at radius 2 is 2.03 bits per heavy atom. The smallest absolute Gasteiger partial charge is 0.341 e. The highest BCUT2D eigenvalue weighted by Crippen LogP contribution is 2.34.